The minimum Gasteiger partial charge on any atom is -0.349 e. The lowest BCUT2D eigenvalue weighted by Crippen LogP contribution is -2.43. The van der Waals surface area contributed by atoms with E-state index >= 15 is 0 Å². The molecule has 10 heteroatoms. The van der Waals surface area contributed by atoms with E-state index in [1.807, 2.05) is 22.6 Å². The van der Waals surface area contributed by atoms with E-state index < -0.39 is 11.8 Å². The van der Waals surface area contributed by atoms with Crippen LogP contribution in [0.25, 0.3) is 10.2 Å². The van der Waals surface area contributed by atoms with E-state index in [2.05, 4.69) is 10.4 Å². The van der Waals surface area contributed by atoms with Crippen molar-refractivity contribution in [3.8, 4) is 0 Å². The van der Waals surface area contributed by atoms with Crippen LogP contribution in [-0.4, -0.2) is 57.6 Å². The van der Waals surface area contributed by atoms with E-state index in [-0.39, 0.29) is 49.8 Å². The fourth-order valence-electron chi connectivity index (χ4n) is 5.62. The number of nitrogens with one attached hydrogen (secondary N) is 1. The third-order valence-electron chi connectivity index (χ3n) is 7.57. The minimum atomic E-state index is -2.59. The summed E-state index contributed by atoms with van der Waals surface area (Å²) in [4.78, 5) is 16.3. The van der Waals surface area contributed by atoms with E-state index in [0.29, 0.717) is 24.3 Å². The summed E-state index contributed by atoms with van der Waals surface area (Å²) >= 11 is 1.37. The monoisotopic (exact) mass is 486 g/mol. The summed E-state index contributed by atoms with van der Waals surface area (Å²) in [6.07, 6.45) is 3.64. The van der Waals surface area contributed by atoms with Crippen molar-refractivity contribution in [1.82, 2.24) is 20.0 Å². The number of thiophene rings is 1. The van der Waals surface area contributed by atoms with Crippen molar-refractivity contribution in [3.63, 3.8) is 0 Å². The van der Waals surface area contributed by atoms with Crippen LogP contribution in [0.2, 0.25) is 0 Å². The molecule has 3 heterocycles. The molecule has 2 aliphatic carbocycles. The van der Waals surface area contributed by atoms with Gasteiger partial charge in [0.25, 0.3) is 11.8 Å². The molecule has 2 aromatic rings. The van der Waals surface area contributed by atoms with Gasteiger partial charge in [0.05, 0.1) is 23.2 Å². The molecule has 33 heavy (non-hydrogen) atoms. The molecule has 2 aromatic heterocycles. The third-order valence-corrected chi connectivity index (χ3v) is 8.70. The Morgan fingerprint density at radius 2 is 1.73 bits per heavy atom. The normalized spacial score (nSPS) is 28.4. The molecule has 0 radical (unpaired) electrons. The van der Waals surface area contributed by atoms with E-state index in [4.69, 9.17) is 0 Å². The molecule has 5 nitrogen and oxygen atoms in total. The number of carbonyl (C=O) groups excluding carboxylic acids is 1. The maximum Gasteiger partial charge on any atom is 0.261 e. The second-order valence-electron chi connectivity index (χ2n) is 10.0. The average Bonchev–Trinajstić information content (AvgIpc) is 3.43. The smallest absolute Gasteiger partial charge is 0.261 e. The van der Waals surface area contributed by atoms with Crippen LogP contribution in [0.15, 0.2) is 6.07 Å². The molecule has 0 unspecified atom stereocenters. The number of fused-ring (bicyclic) bond motifs is 1. The summed E-state index contributed by atoms with van der Waals surface area (Å²) in [5.74, 6) is -5.29. The second-order valence-corrected chi connectivity index (χ2v) is 11.0. The zero-order valence-electron chi connectivity index (χ0n) is 18.8. The number of likely N-dealkylation sites (tertiary alicyclic amines) is 1. The van der Waals surface area contributed by atoms with Gasteiger partial charge in [-0.3, -0.25) is 14.4 Å². The molecular weight excluding hydrogens is 456 g/mol. The standard InChI is InChI=1S/C23H30F4N4OS/c1-14-18-12-19(33-21(18)31(29-14)17-6-8-22(24,25)9-7-17)20(32)28-15-2-4-16(5-3-15)30-11-10-23(26,27)13-30/h12,15-17H,2-11,13H2,1H3,(H,28,32). The van der Waals surface area contributed by atoms with Gasteiger partial charge in [0.15, 0.2) is 0 Å². The lowest BCUT2D eigenvalue weighted by molar-refractivity contribution is -0.0445. The first-order valence-corrected chi connectivity index (χ1v) is 12.7. The van der Waals surface area contributed by atoms with E-state index in [1.165, 1.54) is 11.3 Å². The molecular formula is C23H30F4N4OS. The predicted molar refractivity (Wildman–Crippen MR) is 119 cm³/mol. The summed E-state index contributed by atoms with van der Waals surface area (Å²) in [6.45, 7) is 2.19. The summed E-state index contributed by atoms with van der Waals surface area (Å²) in [7, 11) is 0. The highest BCUT2D eigenvalue weighted by atomic mass is 32.1. The van der Waals surface area contributed by atoms with Crippen molar-refractivity contribution in [2.75, 3.05) is 13.1 Å². The van der Waals surface area contributed by atoms with Crippen molar-refractivity contribution < 1.29 is 22.4 Å². The van der Waals surface area contributed by atoms with Gasteiger partial charge in [-0.1, -0.05) is 0 Å². The van der Waals surface area contributed by atoms with Gasteiger partial charge in [-0.05, 0) is 51.5 Å². The molecule has 1 amide bonds. The van der Waals surface area contributed by atoms with Gasteiger partial charge in [0.1, 0.15) is 4.83 Å². The Bertz CT molecular complexity index is 1020. The van der Waals surface area contributed by atoms with Gasteiger partial charge in [-0.25, -0.2) is 17.6 Å². The Hall–Kier alpha value is -1.68. The van der Waals surface area contributed by atoms with E-state index in [9.17, 15) is 22.4 Å². The Morgan fingerprint density at radius 1 is 1.03 bits per heavy atom. The Labute approximate surface area is 194 Å². The van der Waals surface area contributed by atoms with Crippen LogP contribution in [0.4, 0.5) is 17.6 Å². The minimum absolute atomic E-state index is 0.0419. The van der Waals surface area contributed by atoms with Gasteiger partial charge >= 0.3 is 0 Å². The van der Waals surface area contributed by atoms with Crippen LogP contribution in [0.1, 0.15) is 79.2 Å². The lowest BCUT2D eigenvalue weighted by atomic mass is 9.90. The third kappa shape index (κ3) is 4.78. The molecule has 3 fully saturated rings. The number of alkyl halides is 4. The highest BCUT2D eigenvalue weighted by molar-refractivity contribution is 7.20. The number of aromatic nitrogens is 2. The van der Waals surface area contributed by atoms with Crippen LogP contribution < -0.4 is 5.32 Å². The Morgan fingerprint density at radius 3 is 2.36 bits per heavy atom. The summed E-state index contributed by atoms with van der Waals surface area (Å²) in [6, 6.07) is 2.00. The number of rotatable bonds is 4. The number of hydrogen-bond donors (Lipinski definition) is 1. The fraction of sp³-hybridized carbons (Fsp3) is 0.739. The van der Waals surface area contributed by atoms with Gasteiger partial charge in [-0.15, -0.1) is 11.3 Å². The van der Waals surface area contributed by atoms with Crippen LogP contribution in [0.5, 0.6) is 0 Å². The van der Waals surface area contributed by atoms with Gasteiger partial charge in [0, 0.05) is 43.3 Å². The Kier molecular flexibility index (Phi) is 5.96. The van der Waals surface area contributed by atoms with E-state index in [1.54, 1.807) is 0 Å². The first kappa shape index (κ1) is 23.1. The van der Waals surface area contributed by atoms with Crippen molar-refractivity contribution in [2.24, 2.45) is 0 Å². The highest BCUT2D eigenvalue weighted by Gasteiger charge is 2.41. The van der Waals surface area contributed by atoms with Crippen molar-refractivity contribution >= 4 is 27.5 Å². The summed E-state index contributed by atoms with van der Waals surface area (Å²) in [5, 5.41) is 8.61. The zero-order valence-corrected chi connectivity index (χ0v) is 19.6. The van der Waals surface area contributed by atoms with Crippen LogP contribution in [0, 0.1) is 6.92 Å². The van der Waals surface area contributed by atoms with Crippen molar-refractivity contribution in [1.29, 1.82) is 0 Å². The summed E-state index contributed by atoms with van der Waals surface area (Å²) < 4.78 is 56.0. The number of aryl methyl sites for hydroxylation is 1. The number of hydrogen-bond acceptors (Lipinski definition) is 4. The van der Waals surface area contributed by atoms with Gasteiger partial charge in [0.2, 0.25) is 5.92 Å². The SMILES string of the molecule is Cc1nn(C2CCC(F)(F)CC2)c2sc(C(=O)NC3CCC(N4CCC(F)(F)C4)CC3)cc12. The Balaban J connectivity index is 1.21. The van der Waals surface area contributed by atoms with Crippen molar-refractivity contribution in [3.05, 3.63) is 16.6 Å². The number of halogens is 4. The number of carbonyl (C=O) groups is 1. The lowest BCUT2D eigenvalue weighted by Gasteiger charge is -2.34. The summed E-state index contributed by atoms with van der Waals surface area (Å²) in [5.41, 5.74) is 0.806. The van der Waals surface area contributed by atoms with Crippen LogP contribution in [-0.2, 0) is 0 Å². The molecule has 182 valence electrons. The number of amides is 1. The van der Waals surface area contributed by atoms with Gasteiger partial charge in [-0.2, -0.15) is 5.10 Å². The molecule has 0 spiro atoms. The molecule has 1 N–H and O–H groups in total. The van der Waals surface area contributed by atoms with Crippen LogP contribution >= 0.6 is 11.3 Å². The molecule has 0 atom stereocenters. The molecule has 2 saturated carbocycles. The second kappa shape index (κ2) is 8.52. The maximum absolute atomic E-state index is 13.6. The van der Waals surface area contributed by atoms with Gasteiger partial charge < -0.3 is 5.32 Å². The first-order chi connectivity index (χ1) is 15.6. The molecule has 5 rings (SSSR count). The quantitative estimate of drug-likeness (QED) is 0.578. The number of nitrogens with zero attached hydrogens (tertiary/aromatic N) is 3. The average molecular weight is 487 g/mol. The van der Waals surface area contributed by atoms with Crippen LogP contribution in [0.3, 0.4) is 0 Å². The molecule has 1 saturated heterocycles. The predicted octanol–water partition coefficient (Wildman–Crippen LogP) is 5.54. The molecule has 0 bridgehead atoms. The highest BCUT2D eigenvalue weighted by Crippen LogP contribution is 2.41. The van der Waals surface area contributed by atoms with Crippen molar-refractivity contribution in [2.45, 2.75) is 94.7 Å². The maximum atomic E-state index is 13.6. The molecule has 1 aliphatic heterocycles. The largest absolute Gasteiger partial charge is 0.349 e. The zero-order chi connectivity index (χ0) is 23.4. The van der Waals surface area contributed by atoms with E-state index in [0.717, 1.165) is 41.6 Å². The molecule has 0 aromatic carbocycles. The molecule has 3 aliphatic rings. The topological polar surface area (TPSA) is 50.2 Å². The first-order valence-electron chi connectivity index (χ1n) is 11.9. The fourth-order valence-corrected chi connectivity index (χ4v) is 6.75.